The van der Waals surface area contributed by atoms with E-state index in [0.29, 0.717) is 24.1 Å². The first-order chi connectivity index (χ1) is 12.7. The molecule has 0 fully saturated rings. The van der Waals surface area contributed by atoms with Crippen molar-refractivity contribution in [3.63, 3.8) is 0 Å². The molecule has 5 nitrogen and oxygen atoms in total. The maximum atomic E-state index is 13.3. The maximum Gasteiger partial charge on any atom is 0.191 e. The number of pyridine rings is 1. The van der Waals surface area contributed by atoms with Gasteiger partial charge in [-0.15, -0.1) is 24.0 Å². The van der Waals surface area contributed by atoms with Crippen LogP contribution in [0.3, 0.4) is 0 Å². The van der Waals surface area contributed by atoms with Gasteiger partial charge in [-0.3, -0.25) is 4.99 Å². The fourth-order valence-electron chi connectivity index (χ4n) is 2.65. The third-order valence-corrected chi connectivity index (χ3v) is 4.58. The SMILES string of the molecule is CN=C(NCc1cccc(N(C)C)n1)NCC(C)(C)c1ccc(F)cc1Cl.I. The van der Waals surface area contributed by atoms with Gasteiger partial charge in [-0.25, -0.2) is 9.37 Å². The van der Waals surface area contributed by atoms with Crippen LogP contribution in [-0.4, -0.2) is 38.6 Å². The molecule has 1 aromatic heterocycles. The summed E-state index contributed by atoms with van der Waals surface area (Å²) in [4.78, 5) is 10.8. The van der Waals surface area contributed by atoms with E-state index in [1.54, 1.807) is 13.1 Å². The van der Waals surface area contributed by atoms with E-state index in [9.17, 15) is 4.39 Å². The zero-order valence-corrected chi connectivity index (χ0v) is 20.0. The molecule has 0 radical (unpaired) electrons. The van der Waals surface area contributed by atoms with Crippen LogP contribution < -0.4 is 15.5 Å². The Morgan fingerprint density at radius 1 is 1.21 bits per heavy atom. The van der Waals surface area contributed by atoms with Crippen LogP contribution in [0.25, 0.3) is 0 Å². The highest BCUT2D eigenvalue weighted by atomic mass is 127. The van der Waals surface area contributed by atoms with E-state index >= 15 is 0 Å². The van der Waals surface area contributed by atoms with Crippen molar-refractivity contribution in [2.24, 2.45) is 4.99 Å². The number of aliphatic imine (C=N–C) groups is 1. The summed E-state index contributed by atoms with van der Waals surface area (Å²) in [6.07, 6.45) is 0. The van der Waals surface area contributed by atoms with Gasteiger partial charge in [-0.05, 0) is 29.8 Å². The largest absolute Gasteiger partial charge is 0.363 e. The molecule has 0 aliphatic rings. The minimum absolute atomic E-state index is 0. The van der Waals surface area contributed by atoms with Crippen LogP contribution in [0.2, 0.25) is 5.02 Å². The Hall–Kier alpha value is -1.61. The highest BCUT2D eigenvalue weighted by Gasteiger charge is 2.24. The molecule has 0 aliphatic heterocycles. The Kier molecular flexibility index (Phi) is 9.43. The Labute approximate surface area is 188 Å². The van der Waals surface area contributed by atoms with Crippen molar-refractivity contribution < 1.29 is 4.39 Å². The molecule has 2 N–H and O–H groups in total. The van der Waals surface area contributed by atoms with Gasteiger partial charge in [-0.2, -0.15) is 0 Å². The second-order valence-electron chi connectivity index (χ2n) is 7.17. The van der Waals surface area contributed by atoms with Crippen molar-refractivity contribution in [2.45, 2.75) is 25.8 Å². The van der Waals surface area contributed by atoms with Crippen LogP contribution in [0.5, 0.6) is 0 Å². The fraction of sp³-hybridized carbons (Fsp3) is 0.400. The number of nitrogens with one attached hydrogen (secondary N) is 2. The lowest BCUT2D eigenvalue weighted by molar-refractivity contribution is 0.507. The number of guanidine groups is 1. The molecule has 0 spiro atoms. The smallest absolute Gasteiger partial charge is 0.191 e. The van der Waals surface area contributed by atoms with Gasteiger partial charge in [0.1, 0.15) is 11.6 Å². The Morgan fingerprint density at radius 2 is 1.93 bits per heavy atom. The van der Waals surface area contributed by atoms with Crippen molar-refractivity contribution in [3.8, 4) is 0 Å². The number of benzene rings is 1. The monoisotopic (exact) mass is 519 g/mol. The van der Waals surface area contributed by atoms with Crippen molar-refractivity contribution in [1.29, 1.82) is 0 Å². The van der Waals surface area contributed by atoms with Crippen LogP contribution in [-0.2, 0) is 12.0 Å². The zero-order chi connectivity index (χ0) is 20.0. The molecule has 1 aromatic carbocycles. The summed E-state index contributed by atoms with van der Waals surface area (Å²) in [6.45, 7) is 5.24. The molecule has 28 heavy (non-hydrogen) atoms. The molecule has 8 heteroatoms. The number of nitrogens with zero attached hydrogens (tertiary/aromatic N) is 3. The van der Waals surface area contributed by atoms with Gasteiger partial charge in [0.2, 0.25) is 0 Å². The van der Waals surface area contributed by atoms with E-state index in [0.717, 1.165) is 17.1 Å². The van der Waals surface area contributed by atoms with Crippen molar-refractivity contribution >= 4 is 47.4 Å². The number of hydrogen-bond acceptors (Lipinski definition) is 3. The van der Waals surface area contributed by atoms with Crippen LogP contribution in [0.1, 0.15) is 25.1 Å². The number of aromatic nitrogens is 1. The second-order valence-corrected chi connectivity index (χ2v) is 7.58. The quantitative estimate of drug-likeness (QED) is 0.341. The summed E-state index contributed by atoms with van der Waals surface area (Å²) in [5, 5.41) is 7.00. The lowest BCUT2D eigenvalue weighted by atomic mass is 9.84. The lowest BCUT2D eigenvalue weighted by Crippen LogP contribution is -2.43. The van der Waals surface area contributed by atoms with Gasteiger partial charge in [0.05, 0.1) is 12.2 Å². The summed E-state index contributed by atoms with van der Waals surface area (Å²) in [7, 11) is 5.64. The summed E-state index contributed by atoms with van der Waals surface area (Å²) in [5.41, 5.74) is 1.50. The Morgan fingerprint density at radius 3 is 2.54 bits per heavy atom. The van der Waals surface area contributed by atoms with Crippen LogP contribution in [0.4, 0.5) is 10.2 Å². The predicted molar refractivity (Wildman–Crippen MR) is 127 cm³/mol. The molecule has 0 unspecified atom stereocenters. The summed E-state index contributed by atoms with van der Waals surface area (Å²) < 4.78 is 13.3. The molecule has 0 saturated heterocycles. The first-order valence-corrected chi connectivity index (χ1v) is 9.14. The van der Waals surface area contributed by atoms with E-state index < -0.39 is 0 Å². The van der Waals surface area contributed by atoms with E-state index in [4.69, 9.17) is 11.6 Å². The third-order valence-electron chi connectivity index (χ3n) is 4.27. The fourth-order valence-corrected chi connectivity index (χ4v) is 3.07. The van der Waals surface area contributed by atoms with Gasteiger partial charge in [0, 0.05) is 38.1 Å². The third kappa shape index (κ3) is 6.77. The average molecular weight is 520 g/mol. The number of anilines is 1. The van der Waals surface area contributed by atoms with Gasteiger partial charge in [0.25, 0.3) is 0 Å². The van der Waals surface area contributed by atoms with Crippen LogP contribution in [0, 0.1) is 5.82 Å². The summed E-state index contributed by atoms with van der Waals surface area (Å²) in [6, 6.07) is 10.4. The minimum atomic E-state index is -0.336. The van der Waals surface area contributed by atoms with E-state index in [1.807, 2.05) is 37.2 Å². The molecule has 154 valence electrons. The summed E-state index contributed by atoms with van der Waals surface area (Å²) >= 11 is 6.22. The molecule has 2 aromatic rings. The van der Waals surface area contributed by atoms with Gasteiger partial charge >= 0.3 is 0 Å². The molecule has 1 heterocycles. The minimum Gasteiger partial charge on any atom is -0.363 e. The van der Waals surface area contributed by atoms with E-state index in [2.05, 4.69) is 34.5 Å². The zero-order valence-electron chi connectivity index (χ0n) is 16.9. The highest BCUT2D eigenvalue weighted by molar-refractivity contribution is 14.0. The molecular formula is C20H28ClFIN5. The lowest BCUT2D eigenvalue weighted by Gasteiger charge is -2.27. The van der Waals surface area contributed by atoms with Crippen LogP contribution >= 0.6 is 35.6 Å². The summed E-state index contributed by atoms with van der Waals surface area (Å²) in [5.74, 6) is 1.24. The van der Waals surface area contributed by atoms with Crippen LogP contribution in [0.15, 0.2) is 41.4 Å². The van der Waals surface area contributed by atoms with E-state index in [-0.39, 0.29) is 35.2 Å². The van der Waals surface area contributed by atoms with Gasteiger partial charge in [0.15, 0.2) is 5.96 Å². The average Bonchev–Trinajstić information content (AvgIpc) is 2.61. The maximum absolute atomic E-state index is 13.3. The standard InChI is InChI=1S/C20H27ClFN5.HI/c1-20(2,16-10-9-14(22)11-17(16)21)13-25-19(23-3)24-12-15-7-6-8-18(26-15)27(4)5;/h6-11H,12-13H2,1-5H3,(H2,23,24,25);1H. The second kappa shape index (κ2) is 10.8. The van der Waals surface area contributed by atoms with Gasteiger partial charge < -0.3 is 15.5 Å². The van der Waals surface area contributed by atoms with Crippen molar-refractivity contribution in [2.75, 3.05) is 32.6 Å². The Bertz CT molecular complexity index is 811. The molecule has 0 bridgehead atoms. The molecular weight excluding hydrogens is 492 g/mol. The van der Waals surface area contributed by atoms with Crippen molar-refractivity contribution in [1.82, 2.24) is 15.6 Å². The topological polar surface area (TPSA) is 52.6 Å². The molecule has 0 saturated carbocycles. The number of rotatable bonds is 6. The predicted octanol–water partition coefficient (Wildman–Crippen LogP) is 4.20. The normalized spacial score (nSPS) is 11.6. The molecule has 0 amide bonds. The first-order valence-electron chi connectivity index (χ1n) is 8.76. The van der Waals surface area contributed by atoms with Crippen molar-refractivity contribution in [3.05, 3.63) is 58.5 Å². The first kappa shape index (κ1) is 24.4. The van der Waals surface area contributed by atoms with Gasteiger partial charge in [-0.1, -0.05) is 37.6 Å². The number of halogens is 3. The van der Waals surface area contributed by atoms with E-state index in [1.165, 1.54) is 12.1 Å². The molecule has 2 rings (SSSR count). The Balaban J connectivity index is 0.00000392. The number of hydrogen-bond donors (Lipinski definition) is 2. The highest BCUT2D eigenvalue weighted by Crippen LogP contribution is 2.29. The molecule has 0 aliphatic carbocycles. The molecule has 0 atom stereocenters.